The fourth-order valence-electron chi connectivity index (χ4n) is 4.02. The Hall–Kier alpha value is -1.42. The van der Waals surface area contributed by atoms with Crippen LogP contribution in [-0.2, 0) is 4.79 Å². The summed E-state index contributed by atoms with van der Waals surface area (Å²) < 4.78 is 10.5. The van der Waals surface area contributed by atoms with E-state index in [9.17, 15) is 4.79 Å². The fourth-order valence-corrected chi connectivity index (χ4v) is 4.26. The first-order chi connectivity index (χ1) is 10.6. The molecule has 1 aromatic carbocycles. The summed E-state index contributed by atoms with van der Waals surface area (Å²) in [6, 6.07) is 3.37. The second-order valence-electron chi connectivity index (χ2n) is 6.37. The Labute approximate surface area is 136 Å². The van der Waals surface area contributed by atoms with Gasteiger partial charge in [-0.2, -0.15) is 0 Å². The number of amides is 1. The van der Waals surface area contributed by atoms with Crippen molar-refractivity contribution >= 4 is 23.2 Å². The monoisotopic (exact) mass is 323 g/mol. The smallest absolute Gasteiger partial charge is 0.224 e. The molecule has 0 aromatic heterocycles. The summed E-state index contributed by atoms with van der Waals surface area (Å²) in [5.74, 6) is 3.27. The number of nitrogens with one attached hydrogen (secondary N) is 1. The molecule has 2 bridgehead atoms. The van der Waals surface area contributed by atoms with Gasteiger partial charge in [-0.25, -0.2) is 0 Å². The van der Waals surface area contributed by atoms with Gasteiger partial charge in [-0.3, -0.25) is 4.79 Å². The maximum atomic E-state index is 12.3. The predicted octanol–water partition coefficient (Wildman–Crippen LogP) is 4.12. The molecule has 3 atom stereocenters. The van der Waals surface area contributed by atoms with E-state index < -0.39 is 0 Å². The van der Waals surface area contributed by atoms with Gasteiger partial charge in [-0.1, -0.05) is 18.0 Å². The third kappa shape index (κ3) is 3.02. The number of carbonyl (C=O) groups is 1. The lowest BCUT2D eigenvalue weighted by Crippen LogP contribution is -2.20. The molecular formula is C17H22ClNO3. The average molecular weight is 324 g/mol. The second kappa shape index (κ2) is 6.37. The standard InChI is InChI=1S/C17H22ClNO3/c1-21-15-9-16(22-2)14(8-13(15)18)19-17(20)7-12-6-10-3-4-11(12)5-10/h8-12H,3-7H2,1-2H3,(H,19,20)/t10-,11-,12-/m0/s1. The number of methoxy groups -OCH3 is 2. The van der Waals surface area contributed by atoms with Gasteiger partial charge in [0, 0.05) is 12.5 Å². The molecule has 0 aliphatic heterocycles. The normalized spacial score (nSPS) is 26.0. The zero-order valence-corrected chi connectivity index (χ0v) is 13.8. The molecule has 4 nitrogen and oxygen atoms in total. The maximum Gasteiger partial charge on any atom is 0.224 e. The molecule has 22 heavy (non-hydrogen) atoms. The topological polar surface area (TPSA) is 47.6 Å². The highest BCUT2D eigenvalue weighted by atomic mass is 35.5. The van der Waals surface area contributed by atoms with E-state index in [0.29, 0.717) is 34.5 Å². The molecule has 1 amide bonds. The minimum atomic E-state index is 0.0390. The van der Waals surface area contributed by atoms with Gasteiger partial charge in [0.1, 0.15) is 11.5 Å². The van der Waals surface area contributed by atoms with E-state index in [1.165, 1.54) is 25.7 Å². The number of halogens is 1. The number of carbonyl (C=O) groups excluding carboxylic acids is 1. The summed E-state index contributed by atoms with van der Waals surface area (Å²) in [6.07, 6.45) is 5.76. The molecule has 1 aromatic rings. The molecule has 0 spiro atoms. The van der Waals surface area contributed by atoms with Gasteiger partial charge in [0.2, 0.25) is 5.91 Å². The van der Waals surface area contributed by atoms with Crippen LogP contribution in [-0.4, -0.2) is 20.1 Å². The van der Waals surface area contributed by atoms with Crippen molar-refractivity contribution in [2.24, 2.45) is 17.8 Å². The quantitative estimate of drug-likeness (QED) is 0.886. The highest BCUT2D eigenvalue weighted by Crippen LogP contribution is 2.49. The van der Waals surface area contributed by atoms with Crippen molar-refractivity contribution in [1.82, 2.24) is 0 Å². The van der Waals surface area contributed by atoms with Crippen LogP contribution in [0.4, 0.5) is 5.69 Å². The molecule has 120 valence electrons. The van der Waals surface area contributed by atoms with E-state index >= 15 is 0 Å². The first-order valence-corrected chi connectivity index (χ1v) is 8.20. The summed E-state index contributed by atoms with van der Waals surface area (Å²) in [5, 5.41) is 3.39. The Balaban J connectivity index is 1.67. The minimum absolute atomic E-state index is 0.0390. The van der Waals surface area contributed by atoms with Gasteiger partial charge in [-0.05, 0) is 43.1 Å². The van der Waals surface area contributed by atoms with Crippen LogP contribution < -0.4 is 14.8 Å². The maximum absolute atomic E-state index is 12.3. The number of benzene rings is 1. The van der Waals surface area contributed by atoms with Crippen molar-refractivity contribution in [1.29, 1.82) is 0 Å². The molecule has 0 unspecified atom stereocenters. The number of fused-ring (bicyclic) bond motifs is 2. The molecule has 2 fully saturated rings. The molecule has 5 heteroatoms. The second-order valence-corrected chi connectivity index (χ2v) is 6.78. The first kappa shape index (κ1) is 15.5. The highest BCUT2D eigenvalue weighted by Gasteiger charge is 2.40. The predicted molar refractivity (Wildman–Crippen MR) is 86.7 cm³/mol. The van der Waals surface area contributed by atoms with Crippen LogP contribution in [0.2, 0.25) is 5.02 Å². The van der Waals surface area contributed by atoms with Crippen LogP contribution in [0.3, 0.4) is 0 Å². The largest absolute Gasteiger partial charge is 0.495 e. The van der Waals surface area contributed by atoms with Crippen molar-refractivity contribution in [2.75, 3.05) is 19.5 Å². The lowest BCUT2D eigenvalue weighted by Gasteiger charge is -2.21. The van der Waals surface area contributed by atoms with E-state index in [4.69, 9.17) is 21.1 Å². The Morgan fingerprint density at radius 2 is 2.00 bits per heavy atom. The van der Waals surface area contributed by atoms with Crippen molar-refractivity contribution in [3.63, 3.8) is 0 Å². The fraction of sp³-hybridized carbons (Fsp3) is 0.588. The first-order valence-electron chi connectivity index (χ1n) is 7.82. The van der Waals surface area contributed by atoms with Gasteiger partial charge >= 0.3 is 0 Å². The minimum Gasteiger partial charge on any atom is -0.495 e. The number of ether oxygens (including phenoxy) is 2. The zero-order chi connectivity index (χ0) is 15.7. The highest BCUT2D eigenvalue weighted by molar-refractivity contribution is 6.32. The molecule has 0 heterocycles. The molecule has 0 radical (unpaired) electrons. The summed E-state index contributed by atoms with van der Waals surface area (Å²) in [7, 11) is 3.11. The van der Waals surface area contributed by atoms with Crippen LogP contribution in [0.15, 0.2) is 12.1 Å². The summed E-state index contributed by atoms with van der Waals surface area (Å²) in [4.78, 5) is 12.3. The molecule has 1 N–H and O–H groups in total. The van der Waals surface area contributed by atoms with Crippen molar-refractivity contribution in [3.05, 3.63) is 17.2 Å². The van der Waals surface area contributed by atoms with Crippen LogP contribution >= 0.6 is 11.6 Å². The molecule has 2 aliphatic carbocycles. The number of anilines is 1. The van der Waals surface area contributed by atoms with Crippen LogP contribution in [0, 0.1) is 17.8 Å². The van der Waals surface area contributed by atoms with Crippen molar-refractivity contribution < 1.29 is 14.3 Å². The SMILES string of the molecule is COc1cc(OC)c(NC(=O)C[C@@H]2C[C@H]3CC[C@H]2C3)cc1Cl. The van der Waals surface area contributed by atoms with Gasteiger partial charge in [-0.15, -0.1) is 0 Å². The number of hydrogen-bond acceptors (Lipinski definition) is 3. The van der Waals surface area contributed by atoms with Crippen molar-refractivity contribution in [2.45, 2.75) is 32.1 Å². The summed E-state index contributed by atoms with van der Waals surface area (Å²) in [6.45, 7) is 0. The third-order valence-corrected chi connectivity index (χ3v) is 5.38. The van der Waals surface area contributed by atoms with E-state index in [1.807, 2.05) is 0 Å². The lowest BCUT2D eigenvalue weighted by molar-refractivity contribution is -0.117. The molecule has 2 saturated carbocycles. The van der Waals surface area contributed by atoms with Crippen molar-refractivity contribution in [3.8, 4) is 11.5 Å². The molecule has 0 saturated heterocycles. The van der Waals surface area contributed by atoms with Gasteiger partial charge < -0.3 is 14.8 Å². The van der Waals surface area contributed by atoms with Gasteiger partial charge in [0.25, 0.3) is 0 Å². The third-order valence-electron chi connectivity index (χ3n) is 5.08. The van der Waals surface area contributed by atoms with E-state index in [1.54, 1.807) is 26.4 Å². The average Bonchev–Trinajstić information content (AvgIpc) is 3.10. The Bertz CT molecular complexity index is 575. The number of rotatable bonds is 5. The van der Waals surface area contributed by atoms with E-state index in [0.717, 1.165) is 11.8 Å². The Morgan fingerprint density at radius 1 is 1.23 bits per heavy atom. The summed E-state index contributed by atoms with van der Waals surface area (Å²) >= 11 is 6.13. The van der Waals surface area contributed by atoms with Gasteiger partial charge in [0.05, 0.1) is 24.9 Å². The zero-order valence-electron chi connectivity index (χ0n) is 13.0. The molecule has 2 aliphatic rings. The molecular weight excluding hydrogens is 302 g/mol. The van der Waals surface area contributed by atoms with Crippen LogP contribution in [0.1, 0.15) is 32.1 Å². The number of hydrogen-bond donors (Lipinski definition) is 1. The molecule has 3 rings (SSSR count). The van der Waals surface area contributed by atoms with Gasteiger partial charge in [0.15, 0.2) is 0 Å². The lowest BCUT2D eigenvalue weighted by atomic mass is 9.86. The summed E-state index contributed by atoms with van der Waals surface area (Å²) in [5.41, 5.74) is 0.599. The van der Waals surface area contributed by atoms with E-state index in [-0.39, 0.29) is 5.91 Å². The Kier molecular flexibility index (Phi) is 4.48. The van der Waals surface area contributed by atoms with Crippen LogP contribution in [0.25, 0.3) is 0 Å². The Morgan fingerprint density at radius 3 is 2.59 bits per heavy atom. The van der Waals surface area contributed by atoms with Crippen LogP contribution in [0.5, 0.6) is 11.5 Å². The van der Waals surface area contributed by atoms with E-state index in [2.05, 4.69) is 5.32 Å².